The Hall–Kier alpha value is -2.33. The van der Waals surface area contributed by atoms with Crippen molar-refractivity contribution in [3.8, 4) is 5.75 Å². The Morgan fingerprint density at radius 3 is 2.64 bits per heavy atom. The van der Waals surface area contributed by atoms with Gasteiger partial charge in [-0.05, 0) is 55.8 Å². The van der Waals surface area contributed by atoms with Crippen LogP contribution in [0.4, 0.5) is 5.69 Å². The Balaban J connectivity index is 2.19. The summed E-state index contributed by atoms with van der Waals surface area (Å²) in [7, 11) is 0. The van der Waals surface area contributed by atoms with Crippen LogP contribution in [0.5, 0.6) is 5.75 Å². The van der Waals surface area contributed by atoms with Crippen LogP contribution in [0.2, 0.25) is 5.02 Å². The molecule has 2 aromatic rings. The fraction of sp³-hybridized carbons (Fsp3) is 0.176. The second-order valence-corrected chi connectivity index (χ2v) is 5.12. The lowest BCUT2D eigenvalue weighted by molar-refractivity contribution is 0.0526. The number of benzene rings is 2. The highest BCUT2D eigenvalue weighted by Crippen LogP contribution is 2.28. The van der Waals surface area contributed by atoms with Crippen molar-refractivity contribution in [3.05, 3.63) is 58.1 Å². The number of aliphatic imine (C=N–C) groups is 1. The van der Waals surface area contributed by atoms with E-state index in [4.69, 9.17) is 16.3 Å². The Bertz CT molecular complexity index is 709. The molecule has 0 amide bonds. The standard InChI is InChI=1S/C17H16ClNO3/c1-3-22-17(21)12-4-6-14(7-5-12)19-10-13-8-11(2)9-15(18)16(13)20/h4-10,20H,3H2,1-2H3. The number of esters is 1. The molecular formula is C17H16ClNO3. The molecule has 5 heteroatoms. The summed E-state index contributed by atoms with van der Waals surface area (Å²) < 4.78 is 4.91. The number of carbonyl (C=O) groups is 1. The molecule has 2 rings (SSSR count). The third-order valence-electron chi connectivity index (χ3n) is 2.97. The second-order valence-electron chi connectivity index (χ2n) is 4.71. The third kappa shape index (κ3) is 3.86. The van der Waals surface area contributed by atoms with Gasteiger partial charge in [0.15, 0.2) is 0 Å². The van der Waals surface area contributed by atoms with E-state index in [1.165, 1.54) is 6.21 Å². The summed E-state index contributed by atoms with van der Waals surface area (Å²) in [6, 6.07) is 10.2. The summed E-state index contributed by atoms with van der Waals surface area (Å²) in [5, 5.41) is 10.2. The fourth-order valence-electron chi connectivity index (χ4n) is 1.90. The summed E-state index contributed by atoms with van der Waals surface area (Å²) in [4.78, 5) is 15.8. The van der Waals surface area contributed by atoms with Crippen LogP contribution >= 0.6 is 11.6 Å². The van der Waals surface area contributed by atoms with Crippen LogP contribution in [0.3, 0.4) is 0 Å². The summed E-state index contributed by atoms with van der Waals surface area (Å²) in [6.07, 6.45) is 1.54. The summed E-state index contributed by atoms with van der Waals surface area (Å²) in [5.74, 6) is -0.361. The van der Waals surface area contributed by atoms with Gasteiger partial charge in [-0.1, -0.05) is 11.6 Å². The molecule has 0 saturated heterocycles. The zero-order valence-corrected chi connectivity index (χ0v) is 13.1. The van der Waals surface area contributed by atoms with E-state index in [9.17, 15) is 9.90 Å². The number of ether oxygens (including phenoxy) is 1. The topological polar surface area (TPSA) is 58.9 Å². The molecule has 0 spiro atoms. The van der Waals surface area contributed by atoms with Crippen LogP contribution in [-0.4, -0.2) is 23.9 Å². The molecule has 0 atom stereocenters. The molecule has 1 N–H and O–H groups in total. The van der Waals surface area contributed by atoms with E-state index in [1.807, 2.05) is 6.92 Å². The number of carbonyl (C=O) groups excluding carboxylic acids is 1. The van der Waals surface area contributed by atoms with Crippen molar-refractivity contribution >= 4 is 29.5 Å². The lowest BCUT2D eigenvalue weighted by Crippen LogP contribution is -2.03. The van der Waals surface area contributed by atoms with Gasteiger partial charge in [-0.3, -0.25) is 4.99 Å². The summed E-state index contributed by atoms with van der Waals surface area (Å²) in [6.45, 7) is 3.99. The van der Waals surface area contributed by atoms with Gasteiger partial charge in [0.25, 0.3) is 0 Å². The number of rotatable bonds is 4. The number of halogens is 1. The third-order valence-corrected chi connectivity index (χ3v) is 3.26. The van der Waals surface area contributed by atoms with Crippen molar-refractivity contribution in [2.24, 2.45) is 4.99 Å². The summed E-state index contributed by atoms with van der Waals surface area (Å²) >= 11 is 5.92. The minimum atomic E-state index is -0.360. The van der Waals surface area contributed by atoms with Gasteiger partial charge >= 0.3 is 5.97 Å². The molecule has 0 unspecified atom stereocenters. The van der Waals surface area contributed by atoms with Gasteiger partial charge in [0.05, 0.1) is 22.9 Å². The van der Waals surface area contributed by atoms with Crippen LogP contribution in [0.1, 0.15) is 28.4 Å². The molecule has 0 bridgehead atoms. The number of hydrogen-bond acceptors (Lipinski definition) is 4. The van der Waals surface area contributed by atoms with E-state index in [2.05, 4.69) is 4.99 Å². The van der Waals surface area contributed by atoms with Gasteiger partial charge in [0, 0.05) is 11.8 Å². The van der Waals surface area contributed by atoms with Gasteiger partial charge in [-0.2, -0.15) is 0 Å². The van der Waals surface area contributed by atoms with Gasteiger partial charge in [-0.15, -0.1) is 0 Å². The van der Waals surface area contributed by atoms with Gasteiger partial charge in [0.2, 0.25) is 0 Å². The van der Waals surface area contributed by atoms with Crippen LogP contribution in [-0.2, 0) is 4.74 Å². The Morgan fingerprint density at radius 1 is 1.32 bits per heavy atom. The van der Waals surface area contributed by atoms with Gasteiger partial charge in [-0.25, -0.2) is 4.79 Å². The van der Waals surface area contributed by atoms with Gasteiger partial charge < -0.3 is 9.84 Å². The smallest absolute Gasteiger partial charge is 0.338 e. The van der Waals surface area contributed by atoms with E-state index in [0.717, 1.165) is 5.56 Å². The Labute approximate surface area is 134 Å². The molecule has 114 valence electrons. The SMILES string of the molecule is CCOC(=O)c1ccc(N=Cc2cc(C)cc(Cl)c2O)cc1. The van der Waals surface area contributed by atoms with Crippen LogP contribution < -0.4 is 0 Å². The highest BCUT2D eigenvalue weighted by molar-refractivity contribution is 6.32. The minimum absolute atomic E-state index is 0.000777. The van der Waals surface area contributed by atoms with Crippen molar-refractivity contribution in [3.63, 3.8) is 0 Å². The molecule has 0 heterocycles. The highest BCUT2D eigenvalue weighted by atomic mass is 35.5. The number of hydrogen-bond donors (Lipinski definition) is 1. The minimum Gasteiger partial charge on any atom is -0.506 e. The van der Waals surface area contributed by atoms with Crippen molar-refractivity contribution in [1.29, 1.82) is 0 Å². The average Bonchev–Trinajstić information content (AvgIpc) is 2.50. The predicted molar refractivity (Wildman–Crippen MR) is 87.5 cm³/mol. The first kappa shape index (κ1) is 16.0. The van der Waals surface area contributed by atoms with Gasteiger partial charge in [0.1, 0.15) is 5.75 Å². The normalized spacial score (nSPS) is 10.9. The maximum atomic E-state index is 11.5. The maximum absolute atomic E-state index is 11.5. The largest absolute Gasteiger partial charge is 0.506 e. The predicted octanol–water partition coefficient (Wildman–Crippen LogP) is 4.28. The van der Waals surface area contributed by atoms with E-state index in [-0.39, 0.29) is 11.7 Å². The molecule has 0 aliphatic rings. The molecule has 0 aliphatic heterocycles. The van der Waals surface area contributed by atoms with E-state index in [1.54, 1.807) is 43.3 Å². The number of aromatic hydroxyl groups is 1. The first-order chi connectivity index (χ1) is 10.5. The number of aryl methyl sites for hydroxylation is 1. The zero-order chi connectivity index (χ0) is 16.1. The molecule has 22 heavy (non-hydrogen) atoms. The lowest BCUT2D eigenvalue weighted by Gasteiger charge is -2.04. The lowest BCUT2D eigenvalue weighted by atomic mass is 10.1. The average molecular weight is 318 g/mol. The molecule has 0 aliphatic carbocycles. The second kappa shape index (κ2) is 7.09. The van der Waals surface area contributed by atoms with Crippen molar-refractivity contribution < 1.29 is 14.6 Å². The number of phenolic OH excluding ortho intramolecular Hbond substituents is 1. The molecule has 0 fully saturated rings. The zero-order valence-electron chi connectivity index (χ0n) is 12.3. The first-order valence-corrected chi connectivity index (χ1v) is 7.19. The molecule has 0 radical (unpaired) electrons. The maximum Gasteiger partial charge on any atom is 0.338 e. The fourth-order valence-corrected chi connectivity index (χ4v) is 2.18. The van der Waals surface area contributed by atoms with Crippen LogP contribution in [0.25, 0.3) is 0 Å². The quantitative estimate of drug-likeness (QED) is 0.676. The molecular weight excluding hydrogens is 302 g/mol. The first-order valence-electron chi connectivity index (χ1n) is 6.81. The van der Waals surface area contributed by atoms with Crippen LogP contribution in [0, 0.1) is 6.92 Å². The molecule has 0 aromatic heterocycles. The summed E-state index contributed by atoms with van der Waals surface area (Å²) in [5.41, 5.74) is 2.61. The van der Waals surface area contributed by atoms with E-state index >= 15 is 0 Å². The van der Waals surface area contributed by atoms with Crippen molar-refractivity contribution in [2.45, 2.75) is 13.8 Å². The van der Waals surface area contributed by atoms with Crippen molar-refractivity contribution in [1.82, 2.24) is 0 Å². The monoisotopic (exact) mass is 317 g/mol. The Kier molecular flexibility index (Phi) is 5.17. The molecule has 2 aromatic carbocycles. The van der Waals surface area contributed by atoms with Crippen molar-refractivity contribution in [2.75, 3.05) is 6.61 Å². The number of nitrogens with zero attached hydrogens (tertiary/aromatic N) is 1. The van der Waals surface area contributed by atoms with E-state index < -0.39 is 0 Å². The van der Waals surface area contributed by atoms with Crippen LogP contribution in [0.15, 0.2) is 41.4 Å². The number of phenols is 1. The molecule has 0 saturated carbocycles. The van der Waals surface area contributed by atoms with E-state index in [0.29, 0.717) is 28.4 Å². The molecule has 4 nitrogen and oxygen atoms in total. The Morgan fingerprint density at radius 2 is 2.00 bits per heavy atom. The highest BCUT2D eigenvalue weighted by Gasteiger charge is 2.06.